The Labute approximate surface area is 175 Å². The van der Waals surface area contributed by atoms with Gasteiger partial charge in [0, 0.05) is 35.1 Å². The average molecular weight is 407 g/mol. The van der Waals surface area contributed by atoms with E-state index in [9.17, 15) is 4.79 Å². The summed E-state index contributed by atoms with van der Waals surface area (Å²) >= 11 is 1.80. The highest BCUT2D eigenvalue weighted by atomic mass is 32.1. The Hall–Kier alpha value is -2.44. The standard InChI is InChI=1S/C23H26N4OS/c1-25(2)16-10-13-26(14-11-16)23(28)21-19-8-9-20-18(12-15-29-20)22(19)27(24-21)17-6-4-3-5-7-17/h3-7,12,15-16H,8-11,13-14H2,1-2H3. The Kier molecular flexibility index (Phi) is 4.76. The maximum absolute atomic E-state index is 13.5. The molecule has 0 unspecified atom stereocenters. The van der Waals surface area contributed by atoms with Gasteiger partial charge in [-0.2, -0.15) is 5.10 Å². The Bertz CT molecular complexity index is 1030. The maximum Gasteiger partial charge on any atom is 0.274 e. The first kappa shape index (κ1) is 18.6. The second-order valence-corrected chi connectivity index (χ2v) is 9.17. The van der Waals surface area contributed by atoms with Crippen LogP contribution in [-0.2, 0) is 12.8 Å². The van der Waals surface area contributed by atoms with Crippen molar-refractivity contribution in [2.45, 2.75) is 31.7 Å². The van der Waals surface area contributed by atoms with Gasteiger partial charge in [-0.1, -0.05) is 18.2 Å². The minimum Gasteiger partial charge on any atom is -0.337 e. The number of carbonyl (C=O) groups is 1. The predicted molar refractivity (Wildman–Crippen MR) is 117 cm³/mol. The fourth-order valence-electron chi connectivity index (χ4n) is 4.61. The number of para-hydroxylation sites is 1. The molecule has 3 heterocycles. The van der Waals surface area contributed by atoms with E-state index in [4.69, 9.17) is 5.10 Å². The normalized spacial score (nSPS) is 16.7. The number of benzene rings is 1. The second-order valence-electron chi connectivity index (χ2n) is 8.17. The molecule has 6 heteroatoms. The van der Waals surface area contributed by atoms with Gasteiger partial charge in [0.2, 0.25) is 0 Å². The van der Waals surface area contributed by atoms with E-state index in [1.807, 2.05) is 27.8 Å². The van der Waals surface area contributed by atoms with E-state index in [-0.39, 0.29) is 5.91 Å². The monoisotopic (exact) mass is 406 g/mol. The third-order valence-corrected chi connectivity index (χ3v) is 7.25. The largest absolute Gasteiger partial charge is 0.337 e. The molecule has 1 amide bonds. The molecule has 0 bridgehead atoms. The van der Waals surface area contributed by atoms with Crippen molar-refractivity contribution < 1.29 is 4.79 Å². The van der Waals surface area contributed by atoms with Crippen LogP contribution in [0.25, 0.3) is 16.9 Å². The van der Waals surface area contributed by atoms with Crippen molar-refractivity contribution in [1.29, 1.82) is 0 Å². The van der Waals surface area contributed by atoms with Crippen molar-refractivity contribution in [1.82, 2.24) is 19.6 Å². The van der Waals surface area contributed by atoms with Crippen molar-refractivity contribution >= 4 is 17.2 Å². The van der Waals surface area contributed by atoms with Crippen molar-refractivity contribution in [3.05, 3.63) is 57.9 Å². The fourth-order valence-corrected chi connectivity index (χ4v) is 5.49. The van der Waals surface area contributed by atoms with E-state index in [1.54, 1.807) is 11.3 Å². The first-order valence-electron chi connectivity index (χ1n) is 10.3. The summed E-state index contributed by atoms with van der Waals surface area (Å²) in [7, 11) is 4.25. The van der Waals surface area contributed by atoms with Gasteiger partial charge in [0.25, 0.3) is 5.91 Å². The van der Waals surface area contributed by atoms with Gasteiger partial charge in [-0.05, 0) is 63.4 Å². The molecule has 0 radical (unpaired) electrons. The maximum atomic E-state index is 13.5. The summed E-state index contributed by atoms with van der Waals surface area (Å²) in [5.41, 5.74) is 5.10. The van der Waals surface area contributed by atoms with Gasteiger partial charge in [-0.15, -0.1) is 11.3 Å². The van der Waals surface area contributed by atoms with Gasteiger partial charge in [-0.25, -0.2) is 4.68 Å². The molecule has 2 aliphatic rings. The molecule has 1 saturated heterocycles. The number of carbonyl (C=O) groups excluding carboxylic acids is 1. The number of aromatic nitrogens is 2. The van der Waals surface area contributed by atoms with Gasteiger partial charge >= 0.3 is 0 Å². The van der Waals surface area contributed by atoms with Crippen molar-refractivity contribution in [3.63, 3.8) is 0 Å². The van der Waals surface area contributed by atoms with Crippen LogP contribution in [0.4, 0.5) is 0 Å². The lowest BCUT2D eigenvalue weighted by atomic mass is 9.94. The van der Waals surface area contributed by atoms with E-state index in [1.165, 1.54) is 10.4 Å². The molecule has 0 atom stereocenters. The van der Waals surface area contributed by atoms with Crippen LogP contribution < -0.4 is 0 Å². The molecular weight excluding hydrogens is 380 g/mol. The summed E-state index contributed by atoms with van der Waals surface area (Å²) in [6.07, 6.45) is 3.92. The molecule has 29 heavy (non-hydrogen) atoms. The van der Waals surface area contributed by atoms with E-state index in [0.29, 0.717) is 11.7 Å². The van der Waals surface area contributed by atoms with Crippen LogP contribution in [0.15, 0.2) is 41.8 Å². The summed E-state index contributed by atoms with van der Waals surface area (Å²) in [5.74, 6) is 0.0896. The van der Waals surface area contributed by atoms with Gasteiger partial charge in [0.1, 0.15) is 0 Å². The SMILES string of the molecule is CN(C)C1CCN(C(=O)c2nn(-c3ccccc3)c3c2CCc2sccc2-3)CC1. The average Bonchev–Trinajstić information content (AvgIpc) is 3.38. The summed E-state index contributed by atoms with van der Waals surface area (Å²) < 4.78 is 1.99. The number of likely N-dealkylation sites (tertiary alicyclic amines) is 1. The number of rotatable bonds is 3. The summed E-state index contributed by atoms with van der Waals surface area (Å²) in [4.78, 5) is 19.1. The molecule has 1 aromatic carbocycles. The zero-order chi connectivity index (χ0) is 20.0. The predicted octanol–water partition coefficient (Wildman–Crippen LogP) is 3.87. The lowest BCUT2D eigenvalue weighted by molar-refractivity contribution is 0.0656. The lowest BCUT2D eigenvalue weighted by Crippen LogP contribution is -2.44. The summed E-state index contributed by atoms with van der Waals surface area (Å²) in [5, 5.41) is 7.04. The Morgan fingerprint density at radius 1 is 1.10 bits per heavy atom. The number of thiophene rings is 1. The smallest absolute Gasteiger partial charge is 0.274 e. The molecule has 5 nitrogen and oxygen atoms in total. The van der Waals surface area contributed by atoms with Crippen LogP contribution in [0.2, 0.25) is 0 Å². The highest BCUT2D eigenvalue weighted by molar-refractivity contribution is 7.10. The molecule has 1 fully saturated rings. The molecule has 150 valence electrons. The van der Waals surface area contributed by atoms with Crippen LogP contribution in [0.5, 0.6) is 0 Å². The van der Waals surface area contributed by atoms with Crippen LogP contribution in [0, 0.1) is 0 Å². The summed E-state index contributed by atoms with van der Waals surface area (Å²) in [6, 6.07) is 12.9. The van der Waals surface area contributed by atoms with E-state index in [0.717, 1.165) is 55.7 Å². The van der Waals surface area contributed by atoms with Crippen LogP contribution in [-0.4, -0.2) is 58.7 Å². The van der Waals surface area contributed by atoms with E-state index < -0.39 is 0 Å². The molecule has 3 aromatic rings. The lowest BCUT2D eigenvalue weighted by Gasteiger charge is -2.35. The molecule has 0 saturated carbocycles. The third kappa shape index (κ3) is 3.20. The highest BCUT2D eigenvalue weighted by Crippen LogP contribution is 2.39. The van der Waals surface area contributed by atoms with E-state index in [2.05, 4.69) is 42.6 Å². The quantitative estimate of drug-likeness (QED) is 0.663. The first-order chi connectivity index (χ1) is 14.1. The number of hydrogen-bond donors (Lipinski definition) is 0. The number of piperidine rings is 1. The molecule has 0 spiro atoms. The zero-order valence-corrected chi connectivity index (χ0v) is 17.8. The Morgan fingerprint density at radius 2 is 1.86 bits per heavy atom. The van der Waals surface area contributed by atoms with Crippen LogP contribution in [0.3, 0.4) is 0 Å². The molecule has 1 aliphatic carbocycles. The number of nitrogens with zero attached hydrogens (tertiary/aromatic N) is 4. The van der Waals surface area contributed by atoms with Gasteiger partial charge in [0.05, 0.1) is 11.4 Å². The zero-order valence-electron chi connectivity index (χ0n) is 17.0. The van der Waals surface area contributed by atoms with Crippen LogP contribution in [0.1, 0.15) is 33.8 Å². The number of aryl methyl sites for hydroxylation is 1. The van der Waals surface area contributed by atoms with Gasteiger partial charge < -0.3 is 9.80 Å². The number of amides is 1. The Morgan fingerprint density at radius 3 is 2.59 bits per heavy atom. The van der Waals surface area contributed by atoms with E-state index >= 15 is 0 Å². The van der Waals surface area contributed by atoms with Gasteiger partial charge in [-0.3, -0.25) is 4.79 Å². The van der Waals surface area contributed by atoms with Crippen molar-refractivity contribution in [2.75, 3.05) is 27.2 Å². The van der Waals surface area contributed by atoms with Crippen molar-refractivity contribution in [3.8, 4) is 16.9 Å². The highest BCUT2D eigenvalue weighted by Gasteiger charge is 2.33. The number of hydrogen-bond acceptors (Lipinski definition) is 4. The van der Waals surface area contributed by atoms with Crippen molar-refractivity contribution in [2.24, 2.45) is 0 Å². The Balaban J connectivity index is 1.54. The first-order valence-corrected chi connectivity index (χ1v) is 11.2. The number of fused-ring (bicyclic) bond motifs is 3. The third-order valence-electron chi connectivity index (χ3n) is 6.27. The minimum absolute atomic E-state index is 0.0896. The second kappa shape index (κ2) is 7.43. The molecular formula is C23H26N4OS. The molecule has 1 aliphatic heterocycles. The minimum atomic E-state index is 0.0896. The topological polar surface area (TPSA) is 41.4 Å². The fraction of sp³-hybridized carbons (Fsp3) is 0.391. The van der Waals surface area contributed by atoms with Crippen LogP contribution >= 0.6 is 11.3 Å². The molecule has 0 N–H and O–H groups in total. The summed E-state index contributed by atoms with van der Waals surface area (Å²) in [6.45, 7) is 1.61. The molecule has 5 rings (SSSR count). The molecule has 2 aromatic heterocycles. The van der Waals surface area contributed by atoms with Gasteiger partial charge in [0.15, 0.2) is 5.69 Å².